The fourth-order valence-corrected chi connectivity index (χ4v) is 2.03. The van der Waals surface area contributed by atoms with Crippen molar-refractivity contribution in [3.8, 4) is 0 Å². The van der Waals surface area contributed by atoms with E-state index in [1.165, 1.54) is 0 Å². The summed E-state index contributed by atoms with van der Waals surface area (Å²) in [5, 5.41) is 2.94. The average Bonchev–Trinajstić information content (AvgIpc) is 2.30. The normalized spacial score (nSPS) is 16.7. The summed E-state index contributed by atoms with van der Waals surface area (Å²) in [4.78, 5) is 24.5. The third-order valence-electron chi connectivity index (χ3n) is 2.72. The van der Waals surface area contributed by atoms with E-state index in [0.29, 0.717) is 31.9 Å². The topological polar surface area (TPSA) is 58.6 Å². The molecule has 0 radical (unpaired) electrons. The minimum Gasteiger partial charge on any atom is -0.450 e. The number of likely N-dealkylation sites (tertiary alicyclic amines) is 1. The number of ether oxygens (including phenoxy) is 1. The van der Waals surface area contributed by atoms with Crippen LogP contribution in [0, 0.1) is 0 Å². The number of carbonyl (C=O) groups is 2. The molecular weight excluding hydrogens is 240 g/mol. The van der Waals surface area contributed by atoms with E-state index in [1.54, 1.807) is 11.8 Å². The standard InChI is InChI=1S/C11H20N2O3S/c1-2-16-11(15)13-6-3-9(4-7-13)12-10(14)5-8-17/h9,17H,2-8H2,1H3,(H,12,14). The van der Waals surface area contributed by atoms with Gasteiger partial charge in [0.15, 0.2) is 0 Å². The number of thiol groups is 1. The molecule has 0 aromatic rings. The number of hydrogen-bond acceptors (Lipinski definition) is 4. The molecule has 0 aliphatic carbocycles. The van der Waals surface area contributed by atoms with Crippen molar-refractivity contribution in [3.63, 3.8) is 0 Å². The SMILES string of the molecule is CCOC(=O)N1CCC(NC(=O)CCS)CC1. The third-order valence-corrected chi connectivity index (χ3v) is 2.95. The van der Waals surface area contributed by atoms with Crippen LogP contribution in [0.1, 0.15) is 26.2 Å². The number of hydrogen-bond donors (Lipinski definition) is 2. The molecule has 98 valence electrons. The molecule has 1 N–H and O–H groups in total. The highest BCUT2D eigenvalue weighted by molar-refractivity contribution is 7.80. The predicted octanol–water partition coefficient (Wildman–Crippen LogP) is 1.04. The Kier molecular flexibility index (Phi) is 6.18. The van der Waals surface area contributed by atoms with Gasteiger partial charge in [0.1, 0.15) is 0 Å². The summed E-state index contributed by atoms with van der Waals surface area (Å²) < 4.78 is 4.93. The predicted molar refractivity (Wildman–Crippen MR) is 68.2 cm³/mol. The number of amides is 2. The lowest BCUT2D eigenvalue weighted by Crippen LogP contribution is -2.46. The lowest BCUT2D eigenvalue weighted by molar-refractivity contribution is -0.121. The van der Waals surface area contributed by atoms with Crippen molar-refractivity contribution in [3.05, 3.63) is 0 Å². The molecule has 0 atom stereocenters. The van der Waals surface area contributed by atoms with Gasteiger partial charge in [-0.1, -0.05) is 0 Å². The average molecular weight is 260 g/mol. The number of piperidine rings is 1. The Bertz CT molecular complexity index is 265. The maximum Gasteiger partial charge on any atom is 0.409 e. The second-order valence-corrected chi connectivity index (χ2v) is 4.45. The number of rotatable bonds is 4. The smallest absolute Gasteiger partial charge is 0.409 e. The summed E-state index contributed by atoms with van der Waals surface area (Å²) in [6.45, 7) is 3.48. The zero-order valence-corrected chi connectivity index (χ0v) is 11.0. The molecule has 1 heterocycles. The minimum atomic E-state index is -0.257. The second-order valence-electron chi connectivity index (χ2n) is 4.00. The second kappa shape index (κ2) is 7.42. The highest BCUT2D eigenvalue weighted by atomic mass is 32.1. The van der Waals surface area contributed by atoms with Crippen molar-refractivity contribution in [2.24, 2.45) is 0 Å². The van der Waals surface area contributed by atoms with E-state index < -0.39 is 0 Å². The van der Waals surface area contributed by atoms with Crippen molar-refractivity contribution in [2.75, 3.05) is 25.4 Å². The Morgan fingerprint density at radius 2 is 2.06 bits per heavy atom. The summed E-state index contributed by atoms with van der Waals surface area (Å²) in [5.74, 6) is 0.600. The lowest BCUT2D eigenvalue weighted by atomic mass is 10.1. The first-order valence-corrected chi connectivity index (χ1v) is 6.62. The molecule has 1 aliphatic rings. The Morgan fingerprint density at radius 1 is 1.41 bits per heavy atom. The molecule has 2 amide bonds. The van der Waals surface area contributed by atoms with Crippen LogP contribution in [0.15, 0.2) is 0 Å². The largest absolute Gasteiger partial charge is 0.450 e. The number of carbonyl (C=O) groups excluding carboxylic acids is 2. The van der Waals surface area contributed by atoms with Crippen LogP contribution in [0.2, 0.25) is 0 Å². The summed E-state index contributed by atoms with van der Waals surface area (Å²) in [6.07, 6.45) is 1.77. The molecule has 5 nitrogen and oxygen atoms in total. The Balaban J connectivity index is 2.26. The van der Waals surface area contributed by atoms with Crippen LogP contribution in [0.4, 0.5) is 4.79 Å². The fourth-order valence-electron chi connectivity index (χ4n) is 1.82. The van der Waals surface area contributed by atoms with Crippen LogP contribution in [-0.2, 0) is 9.53 Å². The van der Waals surface area contributed by atoms with Crippen LogP contribution in [0.5, 0.6) is 0 Å². The first kappa shape index (κ1) is 14.2. The zero-order chi connectivity index (χ0) is 12.7. The van der Waals surface area contributed by atoms with Crippen LogP contribution >= 0.6 is 12.6 Å². The number of nitrogens with zero attached hydrogens (tertiary/aromatic N) is 1. The van der Waals surface area contributed by atoms with E-state index in [4.69, 9.17) is 4.74 Å². The highest BCUT2D eigenvalue weighted by Crippen LogP contribution is 2.11. The third kappa shape index (κ3) is 4.85. The summed E-state index contributed by atoms with van der Waals surface area (Å²) in [6, 6.07) is 0.174. The van der Waals surface area contributed by atoms with E-state index in [1.807, 2.05) is 0 Å². The van der Waals surface area contributed by atoms with Gasteiger partial charge in [-0.2, -0.15) is 12.6 Å². The highest BCUT2D eigenvalue weighted by Gasteiger charge is 2.24. The van der Waals surface area contributed by atoms with Crippen molar-refractivity contribution in [1.29, 1.82) is 0 Å². The molecule has 17 heavy (non-hydrogen) atoms. The molecule has 0 bridgehead atoms. The molecule has 0 aromatic heterocycles. The Labute approximate surface area is 107 Å². The molecule has 0 spiro atoms. The van der Waals surface area contributed by atoms with Gasteiger partial charge < -0.3 is 15.0 Å². The van der Waals surface area contributed by atoms with Crippen molar-refractivity contribution >= 4 is 24.6 Å². The van der Waals surface area contributed by atoms with Gasteiger partial charge >= 0.3 is 6.09 Å². The molecule has 0 aromatic carbocycles. The first-order valence-electron chi connectivity index (χ1n) is 5.99. The van der Waals surface area contributed by atoms with Crippen molar-refractivity contribution in [1.82, 2.24) is 10.2 Å². The Morgan fingerprint density at radius 3 is 2.59 bits per heavy atom. The van der Waals surface area contributed by atoms with Gasteiger partial charge in [0.25, 0.3) is 0 Å². The summed E-state index contributed by atoms with van der Waals surface area (Å²) in [7, 11) is 0. The van der Waals surface area contributed by atoms with Gasteiger partial charge in [0, 0.05) is 25.6 Å². The fraction of sp³-hybridized carbons (Fsp3) is 0.818. The molecular formula is C11H20N2O3S. The minimum absolute atomic E-state index is 0.0367. The summed E-state index contributed by atoms with van der Waals surface area (Å²) >= 11 is 4.01. The molecule has 1 aliphatic heterocycles. The van der Waals surface area contributed by atoms with Gasteiger partial charge in [0.2, 0.25) is 5.91 Å². The summed E-state index contributed by atoms with van der Waals surface area (Å²) in [5.41, 5.74) is 0. The van der Waals surface area contributed by atoms with E-state index in [0.717, 1.165) is 12.8 Å². The molecule has 1 rings (SSSR count). The molecule has 1 fully saturated rings. The van der Waals surface area contributed by atoms with Gasteiger partial charge in [-0.25, -0.2) is 4.79 Å². The monoisotopic (exact) mass is 260 g/mol. The van der Waals surface area contributed by atoms with Crippen molar-refractivity contribution in [2.45, 2.75) is 32.2 Å². The lowest BCUT2D eigenvalue weighted by Gasteiger charge is -2.31. The van der Waals surface area contributed by atoms with Gasteiger partial charge in [-0.3, -0.25) is 4.79 Å². The Hall–Kier alpha value is -0.910. The number of nitrogens with one attached hydrogen (secondary N) is 1. The molecule has 1 saturated heterocycles. The maximum atomic E-state index is 11.4. The molecule has 0 saturated carbocycles. The zero-order valence-electron chi connectivity index (χ0n) is 10.1. The van der Waals surface area contributed by atoms with E-state index in [-0.39, 0.29) is 18.0 Å². The maximum absolute atomic E-state index is 11.4. The van der Waals surface area contributed by atoms with Gasteiger partial charge in [0.05, 0.1) is 6.61 Å². The van der Waals surface area contributed by atoms with Crippen LogP contribution < -0.4 is 5.32 Å². The molecule has 6 heteroatoms. The van der Waals surface area contributed by atoms with Gasteiger partial charge in [-0.15, -0.1) is 0 Å². The van der Waals surface area contributed by atoms with Gasteiger partial charge in [-0.05, 0) is 25.5 Å². The first-order chi connectivity index (χ1) is 8.17. The molecule has 0 unspecified atom stereocenters. The van der Waals surface area contributed by atoms with Crippen LogP contribution in [0.25, 0.3) is 0 Å². The quantitative estimate of drug-likeness (QED) is 0.743. The van der Waals surface area contributed by atoms with Crippen LogP contribution in [-0.4, -0.2) is 48.4 Å². The van der Waals surface area contributed by atoms with E-state index in [9.17, 15) is 9.59 Å². The van der Waals surface area contributed by atoms with E-state index in [2.05, 4.69) is 17.9 Å². The van der Waals surface area contributed by atoms with Crippen LogP contribution in [0.3, 0.4) is 0 Å². The van der Waals surface area contributed by atoms with Crippen molar-refractivity contribution < 1.29 is 14.3 Å². The van der Waals surface area contributed by atoms with E-state index >= 15 is 0 Å².